The third-order valence-electron chi connectivity index (χ3n) is 4.07. The number of aromatic nitrogens is 1. The summed E-state index contributed by atoms with van der Waals surface area (Å²) in [6.07, 6.45) is 0. The number of anilines is 1. The number of hydrogen-bond acceptors (Lipinski definition) is 10. The molecule has 0 spiro atoms. The van der Waals surface area contributed by atoms with Crippen molar-refractivity contribution in [3.8, 4) is 0 Å². The molecule has 2 aliphatic heterocycles. The second kappa shape index (κ2) is 8.88. The predicted molar refractivity (Wildman–Crippen MR) is 112 cm³/mol. The molecule has 2 atom stereocenters. The van der Waals surface area contributed by atoms with Crippen LogP contribution in [0.3, 0.4) is 0 Å². The first-order valence-corrected chi connectivity index (χ1v) is 11.1. The van der Waals surface area contributed by atoms with E-state index in [1.807, 2.05) is 0 Å². The first-order valence-electron chi connectivity index (χ1n) is 8.15. The van der Waals surface area contributed by atoms with E-state index in [2.05, 4.69) is 22.0 Å². The number of fused-ring (bicyclic) bond motifs is 1. The Labute approximate surface area is 178 Å². The second-order valence-corrected chi connectivity index (χ2v) is 8.74. The summed E-state index contributed by atoms with van der Waals surface area (Å²) < 4.78 is 0. The number of nitrogens with two attached hydrogens (primary N) is 1. The van der Waals surface area contributed by atoms with Crippen LogP contribution in [0.1, 0.15) is 5.69 Å². The first-order chi connectivity index (χ1) is 13.9. The van der Waals surface area contributed by atoms with Crippen molar-refractivity contribution in [2.24, 2.45) is 5.16 Å². The molecular formula is C16H17N5O5S3. The van der Waals surface area contributed by atoms with Crippen LogP contribution in [0.15, 0.2) is 33.8 Å². The van der Waals surface area contributed by atoms with Gasteiger partial charge in [0.25, 0.3) is 11.8 Å². The number of nitrogens with one attached hydrogen (secondary N) is 1. The van der Waals surface area contributed by atoms with E-state index in [1.54, 1.807) is 10.8 Å². The van der Waals surface area contributed by atoms with Gasteiger partial charge >= 0.3 is 5.97 Å². The Balaban J connectivity index is 1.78. The predicted octanol–water partition coefficient (Wildman–Crippen LogP) is 0.691. The molecule has 1 aromatic rings. The number of nitrogens with zero attached hydrogens (tertiary/aromatic N) is 3. The van der Waals surface area contributed by atoms with Gasteiger partial charge in [-0.2, -0.15) is 0 Å². The number of amides is 2. The van der Waals surface area contributed by atoms with Crippen LogP contribution in [0, 0.1) is 0 Å². The fraction of sp³-hybridized carbons (Fsp3) is 0.312. The molecular weight excluding hydrogens is 438 g/mol. The fourth-order valence-electron chi connectivity index (χ4n) is 2.86. The van der Waals surface area contributed by atoms with Gasteiger partial charge < -0.3 is 21.0 Å². The maximum Gasteiger partial charge on any atom is 0.352 e. The van der Waals surface area contributed by atoms with Gasteiger partial charge in [-0.25, -0.2) is 9.78 Å². The molecule has 0 radical (unpaired) electrons. The molecule has 0 aliphatic carbocycles. The lowest BCUT2D eigenvalue weighted by molar-refractivity contribution is -0.150. The largest absolute Gasteiger partial charge is 0.477 e. The maximum absolute atomic E-state index is 12.7. The van der Waals surface area contributed by atoms with E-state index in [9.17, 15) is 19.5 Å². The summed E-state index contributed by atoms with van der Waals surface area (Å²) >= 11 is 3.88. The van der Waals surface area contributed by atoms with Gasteiger partial charge in [0.15, 0.2) is 10.8 Å². The number of carbonyl (C=O) groups is 3. The van der Waals surface area contributed by atoms with Crippen molar-refractivity contribution >= 4 is 63.5 Å². The number of nitrogen functional groups attached to an aromatic ring is 1. The minimum atomic E-state index is -1.17. The number of β-lactam (4-membered cyclic amide) rings is 1. The Morgan fingerprint density at radius 1 is 1.62 bits per heavy atom. The summed E-state index contributed by atoms with van der Waals surface area (Å²) in [6, 6.07) is -0.881. The molecule has 13 heteroatoms. The highest BCUT2D eigenvalue weighted by molar-refractivity contribution is 8.02. The summed E-state index contributed by atoms with van der Waals surface area (Å²) in [7, 11) is 1.28. The van der Waals surface area contributed by atoms with Gasteiger partial charge in [0.05, 0.1) is 0 Å². The number of rotatable bonds is 8. The fourth-order valence-corrected chi connectivity index (χ4v) is 5.44. The molecule has 1 saturated heterocycles. The second-order valence-electron chi connectivity index (χ2n) is 5.79. The zero-order chi connectivity index (χ0) is 21.1. The third kappa shape index (κ3) is 4.11. The Bertz CT molecular complexity index is 928. The Kier molecular flexibility index (Phi) is 6.49. The average Bonchev–Trinajstić information content (AvgIpc) is 3.13. The van der Waals surface area contributed by atoms with Crippen LogP contribution < -0.4 is 11.1 Å². The molecule has 0 bridgehead atoms. The van der Waals surface area contributed by atoms with Crippen LogP contribution in [-0.4, -0.2) is 68.5 Å². The molecule has 3 rings (SSSR count). The molecule has 1 aromatic heterocycles. The van der Waals surface area contributed by atoms with Crippen LogP contribution in [0.2, 0.25) is 0 Å². The van der Waals surface area contributed by atoms with Gasteiger partial charge in [-0.05, 0) is 11.0 Å². The van der Waals surface area contributed by atoms with E-state index >= 15 is 0 Å². The van der Waals surface area contributed by atoms with Gasteiger partial charge in [-0.1, -0.05) is 11.7 Å². The van der Waals surface area contributed by atoms with Gasteiger partial charge in [0.1, 0.15) is 29.9 Å². The summed E-state index contributed by atoms with van der Waals surface area (Å²) in [5.74, 6) is -1.46. The standard InChI is InChI=1S/C16H17N5O5S3/c1-3-27-4-7-5-28-14-10(13(23)21(14)11(7)15(24)25)19-12(22)9(20-26-2)8-6-29-16(17)18-8/h3,6,10,14H,1,4-5H2,2H3,(H2,17,18)(H,19,22)(H,24,25)/t10?,14-/m0/s1. The molecule has 4 N–H and O–H groups in total. The molecule has 0 saturated carbocycles. The van der Waals surface area contributed by atoms with Crippen LogP contribution >= 0.6 is 34.9 Å². The molecule has 1 unspecified atom stereocenters. The van der Waals surface area contributed by atoms with Crippen LogP contribution in [0.5, 0.6) is 0 Å². The number of thioether (sulfide) groups is 2. The minimum Gasteiger partial charge on any atom is -0.477 e. The molecule has 29 heavy (non-hydrogen) atoms. The third-order valence-corrected chi connectivity index (χ3v) is 6.84. The van der Waals surface area contributed by atoms with Gasteiger partial charge in [0.2, 0.25) is 0 Å². The quantitative estimate of drug-likeness (QED) is 0.292. The van der Waals surface area contributed by atoms with Gasteiger partial charge in [0, 0.05) is 16.9 Å². The van der Waals surface area contributed by atoms with E-state index in [1.165, 1.54) is 35.5 Å². The monoisotopic (exact) mass is 455 g/mol. The lowest BCUT2D eigenvalue weighted by Crippen LogP contribution is -2.71. The minimum absolute atomic E-state index is 0.0309. The normalized spacial score (nSPS) is 21.3. The Hall–Kier alpha value is -2.51. The number of carbonyl (C=O) groups excluding carboxylic acids is 2. The van der Waals surface area contributed by atoms with Crippen molar-refractivity contribution in [2.75, 3.05) is 24.3 Å². The number of oxime groups is 1. The Morgan fingerprint density at radius 3 is 2.97 bits per heavy atom. The maximum atomic E-state index is 12.7. The summed E-state index contributed by atoms with van der Waals surface area (Å²) in [4.78, 5) is 47.0. The van der Waals surface area contributed by atoms with Crippen molar-refractivity contribution < 1.29 is 24.3 Å². The number of aliphatic carboxylic acids is 1. The average molecular weight is 456 g/mol. The van der Waals surface area contributed by atoms with Crippen LogP contribution in [0.25, 0.3) is 0 Å². The smallest absolute Gasteiger partial charge is 0.352 e. The van der Waals surface area contributed by atoms with E-state index < -0.39 is 29.2 Å². The lowest BCUT2D eigenvalue weighted by Gasteiger charge is -2.49. The molecule has 3 heterocycles. The van der Waals surface area contributed by atoms with Gasteiger partial charge in [-0.15, -0.1) is 34.9 Å². The molecule has 10 nitrogen and oxygen atoms in total. The van der Waals surface area contributed by atoms with Crippen molar-refractivity contribution in [3.63, 3.8) is 0 Å². The number of hydrogen-bond donors (Lipinski definition) is 3. The first kappa shape index (κ1) is 21.2. The van der Waals surface area contributed by atoms with Crippen LogP contribution in [0.4, 0.5) is 5.13 Å². The number of carboxylic acid groups (broad SMARTS) is 1. The zero-order valence-corrected chi connectivity index (χ0v) is 17.6. The zero-order valence-electron chi connectivity index (χ0n) is 15.2. The van der Waals surface area contributed by atoms with E-state index in [-0.39, 0.29) is 22.2 Å². The summed E-state index contributed by atoms with van der Waals surface area (Å²) in [5.41, 5.74) is 6.31. The van der Waals surface area contributed by atoms with Crippen LogP contribution in [-0.2, 0) is 19.2 Å². The molecule has 2 amide bonds. The van der Waals surface area contributed by atoms with E-state index in [0.717, 1.165) is 11.3 Å². The van der Waals surface area contributed by atoms with Gasteiger partial charge in [-0.3, -0.25) is 14.5 Å². The number of carboxylic acids is 1. The molecule has 0 aromatic carbocycles. The van der Waals surface area contributed by atoms with Crippen molar-refractivity contribution in [3.05, 3.63) is 34.3 Å². The topological polar surface area (TPSA) is 147 Å². The summed E-state index contributed by atoms with van der Waals surface area (Å²) in [5, 5.41) is 18.8. The highest BCUT2D eigenvalue weighted by Gasteiger charge is 2.54. The van der Waals surface area contributed by atoms with E-state index in [0.29, 0.717) is 17.1 Å². The lowest BCUT2D eigenvalue weighted by atomic mass is 10.0. The molecule has 154 valence electrons. The highest BCUT2D eigenvalue weighted by Crippen LogP contribution is 2.41. The van der Waals surface area contributed by atoms with E-state index in [4.69, 9.17) is 10.6 Å². The Morgan fingerprint density at radius 2 is 2.38 bits per heavy atom. The summed E-state index contributed by atoms with van der Waals surface area (Å²) in [6.45, 7) is 3.61. The molecule has 2 aliphatic rings. The molecule has 1 fully saturated rings. The van der Waals surface area contributed by atoms with Crippen molar-refractivity contribution in [1.29, 1.82) is 0 Å². The van der Waals surface area contributed by atoms with Crippen molar-refractivity contribution in [1.82, 2.24) is 15.2 Å². The highest BCUT2D eigenvalue weighted by atomic mass is 32.2. The SMILES string of the molecule is C=CSCC1=C(C(=O)O)N2C(=O)C(NC(=O)C(=NOC)c3csc(N)n3)[C@@H]2SC1. The number of thiazole rings is 1. The van der Waals surface area contributed by atoms with Crippen molar-refractivity contribution in [2.45, 2.75) is 11.4 Å².